The number of nitrogens with one attached hydrogen (secondary N) is 1. The molecule has 264 valence electrons. The van der Waals surface area contributed by atoms with Gasteiger partial charge in [-0.1, -0.05) is 45.0 Å². The van der Waals surface area contributed by atoms with E-state index in [2.05, 4.69) is 45.3 Å². The van der Waals surface area contributed by atoms with Crippen molar-refractivity contribution in [2.24, 2.45) is 5.41 Å². The van der Waals surface area contributed by atoms with Gasteiger partial charge in [-0.3, -0.25) is 9.78 Å². The SMILES string of the molecule is COC[C@@H]1CCCN1c1cncc(CN2C(=O)c3cccc(c3)S(=O)(=O)Nc3nc(cc(-c4c(C)cccc4C)n3)OC[C@H]2CC(C)(C)C)n1. The number of benzene rings is 2. The summed E-state index contributed by atoms with van der Waals surface area (Å²) in [6.45, 7) is 11.9. The van der Waals surface area contributed by atoms with Crippen LogP contribution >= 0.6 is 0 Å². The number of hydrogen-bond donors (Lipinski definition) is 1. The standard InChI is InChI=1S/C37H45N7O5S/c1-24-10-7-11-25(2)34(24)31-17-33-41-36(40-31)42-50(46,47)30-14-8-12-26(16-30)35(45)44(29(23-49-33)18-37(3,4)5)21-27-19-38-20-32(39-27)43-15-9-13-28(43)22-48-6/h7-8,10-12,14,16-17,19-20,28-29H,9,13,15,18,21-23H2,1-6H3,(H,40,41,42)/t28-,29+/m0/s1. The van der Waals surface area contributed by atoms with Crippen LogP contribution in [-0.2, 0) is 21.3 Å². The first-order chi connectivity index (χ1) is 23.8. The van der Waals surface area contributed by atoms with Gasteiger partial charge in [0.1, 0.15) is 12.4 Å². The molecule has 0 spiro atoms. The van der Waals surface area contributed by atoms with Crippen molar-refractivity contribution in [1.82, 2.24) is 24.8 Å². The molecule has 13 heteroatoms. The second kappa shape index (κ2) is 14.3. The van der Waals surface area contributed by atoms with E-state index in [1.54, 1.807) is 42.6 Å². The van der Waals surface area contributed by atoms with Crippen LogP contribution in [0.15, 0.2) is 65.8 Å². The quantitative estimate of drug-likeness (QED) is 0.252. The number of hydrogen-bond acceptors (Lipinski definition) is 10. The van der Waals surface area contributed by atoms with Gasteiger partial charge in [0.25, 0.3) is 15.9 Å². The third-order valence-electron chi connectivity index (χ3n) is 9.06. The monoisotopic (exact) mass is 699 g/mol. The van der Waals surface area contributed by atoms with Crippen LogP contribution < -0.4 is 14.4 Å². The van der Waals surface area contributed by atoms with Crippen molar-refractivity contribution >= 4 is 27.7 Å². The highest BCUT2D eigenvalue weighted by Crippen LogP contribution is 2.32. The lowest BCUT2D eigenvalue weighted by atomic mass is 9.87. The molecule has 2 aliphatic rings. The smallest absolute Gasteiger partial charge is 0.264 e. The van der Waals surface area contributed by atoms with Crippen LogP contribution in [0.4, 0.5) is 11.8 Å². The van der Waals surface area contributed by atoms with E-state index in [9.17, 15) is 13.2 Å². The van der Waals surface area contributed by atoms with Gasteiger partial charge >= 0.3 is 0 Å². The van der Waals surface area contributed by atoms with E-state index in [0.29, 0.717) is 24.4 Å². The molecule has 0 saturated carbocycles. The van der Waals surface area contributed by atoms with Crippen LogP contribution in [-0.4, -0.2) is 78.1 Å². The van der Waals surface area contributed by atoms with E-state index in [0.717, 1.165) is 41.9 Å². The second-order valence-electron chi connectivity index (χ2n) is 14.3. The third-order valence-corrected chi connectivity index (χ3v) is 10.4. The molecule has 6 rings (SSSR count). The molecule has 0 unspecified atom stereocenters. The van der Waals surface area contributed by atoms with Gasteiger partial charge in [-0.2, -0.15) is 4.98 Å². The topological polar surface area (TPSA) is 140 Å². The summed E-state index contributed by atoms with van der Waals surface area (Å²) in [6, 6.07) is 13.4. The zero-order valence-electron chi connectivity index (χ0n) is 29.5. The predicted octanol–water partition coefficient (Wildman–Crippen LogP) is 5.81. The third kappa shape index (κ3) is 7.89. The summed E-state index contributed by atoms with van der Waals surface area (Å²) >= 11 is 0. The first kappa shape index (κ1) is 35.2. The summed E-state index contributed by atoms with van der Waals surface area (Å²) in [5, 5.41) is 0. The molecule has 4 heterocycles. The Labute approximate surface area is 294 Å². The first-order valence-electron chi connectivity index (χ1n) is 16.9. The van der Waals surface area contributed by atoms with Crippen molar-refractivity contribution in [2.75, 3.05) is 36.5 Å². The van der Waals surface area contributed by atoms with Gasteiger partial charge in [0.05, 0.1) is 53.9 Å². The Morgan fingerprint density at radius 1 is 1.00 bits per heavy atom. The molecule has 0 aliphatic carbocycles. The molecule has 1 saturated heterocycles. The number of aromatic nitrogens is 4. The highest BCUT2D eigenvalue weighted by molar-refractivity contribution is 7.92. The van der Waals surface area contributed by atoms with E-state index in [1.165, 1.54) is 12.1 Å². The number of rotatable bonds is 7. The molecule has 1 amide bonds. The predicted molar refractivity (Wildman–Crippen MR) is 192 cm³/mol. The lowest BCUT2D eigenvalue weighted by molar-refractivity contribution is 0.0509. The Kier molecular flexibility index (Phi) is 10.1. The molecule has 50 heavy (non-hydrogen) atoms. The molecular weight excluding hydrogens is 655 g/mol. The zero-order chi connectivity index (χ0) is 35.6. The number of methoxy groups -OCH3 is 1. The number of anilines is 2. The average Bonchev–Trinajstić information content (AvgIpc) is 3.53. The number of fused-ring (bicyclic) bond motifs is 4. The van der Waals surface area contributed by atoms with Crippen LogP contribution in [0.1, 0.15) is 67.2 Å². The Bertz CT molecular complexity index is 1960. The van der Waals surface area contributed by atoms with Gasteiger partial charge in [0.15, 0.2) is 0 Å². The van der Waals surface area contributed by atoms with Crippen molar-refractivity contribution in [3.63, 3.8) is 0 Å². The maximum absolute atomic E-state index is 14.6. The van der Waals surface area contributed by atoms with Gasteiger partial charge in [0.2, 0.25) is 11.8 Å². The van der Waals surface area contributed by atoms with Gasteiger partial charge in [-0.15, -0.1) is 0 Å². The van der Waals surface area contributed by atoms with Crippen LogP contribution in [0, 0.1) is 19.3 Å². The summed E-state index contributed by atoms with van der Waals surface area (Å²) in [6.07, 6.45) is 6.02. The largest absolute Gasteiger partial charge is 0.475 e. The number of carbonyl (C=O) groups is 1. The molecule has 2 atom stereocenters. The molecule has 12 nitrogen and oxygen atoms in total. The van der Waals surface area contributed by atoms with Gasteiger partial charge in [-0.05, 0) is 67.9 Å². The fraction of sp³-hybridized carbons (Fsp3) is 0.432. The summed E-state index contributed by atoms with van der Waals surface area (Å²) < 4.78 is 41.9. The molecule has 1 fully saturated rings. The Morgan fingerprint density at radius 3 is 2.50 bits per heavy atom. The van der Waals surface area contributed by atoms with E-state index in [-0.39, 0.29) is 52.8 Å². The molecule has 4 bridgehead atoms. The van der Waals surface area contributed by atoms with Gasteiger partial charge in [0, 0.05) is 30.8 Å². The number of nitrogens with zero attached hydrogens (tertiary/aromatic N) is 6. The Hall–Kier alpha value is -4.62. The lowest BCUT2D eigenvalue weighted by Crippen LogP contribution is -2.45. The van der Waals surface area contributed by atoms with Gasteiger partial charge in [-0.25, -0.2) is 23.1 Å². The highest BCUT2D eigenvalue weighted by Gasteiger charge is 2.33. The van der Waals surface area contributed by atoms with Crippen LogP contribution in [0.3, 0.4) is 0 Å². The fourth-order valence-corrected chi connectivity index (χ4v) is 7.82. The second-order valence-corrected chi connectivity index (χ2v) is 16.0. The number of amides is 1. The summed E-state index contributed by atoms with van der Waals surface area (Å²) in [7, 11) is -2.49. The van der Waals surface area contributed by atoms with Crippen LogP contribution in [0.2, 0.25) is 0 Å². The van der Waals surface area contributed by atoms with Crippen LogP contribution in [0.5, 0.6) is 5.88 Å². The van der Waals surface area contributed by atoms with Crippen molar-refractivity contribution in [2.45, 2.75) is 77.4 Å². The molecule has 4 aromatic rings. The van der Waals surface area contributed by atoms with Crippen LogP contribution in [0.25, 0.3) is 11.3 Å². The number of sulfonamides is 1. The van der Waals surface area contributed by atoms with Crippen molar-refractivity contribution in [3.05, 3.63) is 83.3 Å². The maximum Gasteiger partial charge on any atom is 0.264 e. The molecule has 1 N–H and O–H groups in total. The van der Waals surface area contributed by atoms with E-state index < -0.39 is 16.1 Å². The lowest BCUT2D eigenvalue weighted by Gasteiger charge is -2.35. The first-order valence-corrected chi connectivity index (χ1v) is 18.4. The van der Waals surface area contributed by atoms with Gasteiger partial charge < -0.3 is 19.3 Å². The van der Waals surface area contributed by atoms with E-state index in [1.807, 2.05) is 32.0 Å². The number of carbonyl (C=O) groups excluding carboxylic acids is 1. The molecular formula is C37H45N7O5S. The minimum atomic E-state index is -4.18. The van der Waals surface area contributed by atoms with E-state index in [4.69, 9.17) is 14.5 Å². The molecule has 2 aromatic heterocycles. The number of ether oxygens (including phenoxy) is 2. The normalized spacial score (nSPS) is 19.2. The van der Waals surface area contributed by atoms with Crippen molar-refractivity contribution in [1.29, 1.82) is 0 Å². The Balaban J connectivity index is 1.45. The molecule has 2 aromatic carbocycles. The summed E-state index contributed by atoms with van der Waals surface area (Å²) in [4.78, 5) is 37.0. The average molecular weight is 700 g/mol. The summed E-state index contributed by atoms with van der Waals surface area (Å²) in [5.74, 6) is 0.447. The van der Waals surface area contributed by atoms with Crippen molar-refractivity contribution < 1.29 is 22.7 Å². The minimum absolute atomic E-state index is 0.0848. The number of aryl methyl sites for hydroxylation is 2. The highest BCUT2D eigenvalue weighted by atomic mass is 32.2. The molecule has 2 aliphatic heterocycles. The maximum atomic E-state index is 14.6. The zero-order valence-corrected chi connectivity index (χ0v) is 30.3. The van der Waals surface area contributed by atoms with E-state index >= 15 is 0 Å². The Morgan fingerprint density at radius 2 is 1.76 bits per heavy atom. The summed E-state index contributed by atoms with van der Waals surface area (Å²) in [5.41, 5.74) is 3.95. The minimum Gasteiger partial charge on any atom is -0.475 e. The molecule has 0 radical (unpaired) electrons. The fourth-order valence-electron chi connectivity index (χ4n) is 6.83. The van der Waals surface area contributed by atoms with Crippen molar-refractivity contribution in [3.8, 4) is 17.1 Å².